The smallest absolute Gasteiger partial charge is 0.407 e. The first-order valence-electron chi connectivity index (χ1n) is 9.21. The van der Waals surface area contributed by atoms with Crippen molar-refractivity contribution >= 4 is 39.0 Å². The molecule has 0 aliphatic carbocycles. The Balaban J connectivity index is 1.93. The van der Waals surface area contributed by atoms with Crippen LogP contribution in [0.5, 0.6) is 0 Å². The molecule has 0 spiro atoms. The molecule has 1 N–H and O–H groups in total. The largest absolute Gasteiger partial charge is 0.444 e. The van der Waals surface area contributed by atoms with E-state index in [0.717, 1.165) is 14.5 Å². The summed E-state index contributed by atoms with van der Waals surface area (Å²) in [5, 5.41) is 23.8. The van der Waals surface area contributed by atoms with Crippen LogP contribution >= 0.6 is 22.7 Å². The third kappa shape index (κ3) is 5.12. The third-order valence-corrected chi connectivity index (χ3v) is 5.96. The van der Waals surface area contributed by atoms with Gasteiger partial charge in [0.25, 0.3) is 0 Å². The number of aromatic nitrogens is 2. The Bertz CT molecular complexity index is 1150. The number of hydrogen-bond donors (Lipinski definition) is 1. The van der Waals surface area contributed by atoms with Crippen LogP contribution in [0.4, 0.5) is 4.79 Å². The topological polar surface area (TPSA) is 112 Å². The SMILES string of the molecule is C[C@@H](Cc1sc2c([CH]c3cccs3)nc(C#N)nc2c1C#N)NC(=O)OC(C)(C)C. The van der Waals surface area contributed by atoms with E-state index < -0.39 is 11.7 Å². The van der Waals surface area contributed by atoms with E-state index in [9.17, 15) is 15.3 Å². The highest BCUT2D eigenvalue weighted by atomic mass is 32.1. The van der Waals surface area contributed by atoms with Crippen LogP contribution in [-0.4, -0.2) is 27.7 Å². The monoisotopic (exact) mass is 438 g/mol. The number of alkyl carbamates (subject to hydrolysis) is 1. The van der Waals surface area contributed by atoms with Crippen LogP contribution in [0, 0.1) is 29.1 Å². The number of carbonyl (C=O) groups is 1. The number of fused-ring (bicyclic) bond motifs is 1. The molecule has 1 radical (unpaired) electrons. The molecular formula is C21H20N5O2S2. The highest BCUT2D eigenvalue weighted by molar-refractivity contribution is 7.19. The van der Waals surface area contributed by atoms with Crippen LogP contribution < -0.4 is 5.32 Å². The minimum atomic E-state index is -0.588. The van der Waals surface area contributed by atoms with Gasteiger partial charge in [0.15, 0.2) is 0 Å². The maximum atomic E-state index is 12.0. The Morgan fingerprint density at radius 1 is 1.33 bits per heavy atom. The van der Waals surface area contributed by atoms with E-state index in [2.05, 4.69) is 21.4 Å². The molecule has 0 aliphatic heterocycles. The van der Waals surface area contributed by atoms with Gasteiger partial charge in [-0.25, -0.2) is 14.8 Å². The average Bonchev–Trinajstić information content (AvgIpc) is 3.26. The predicted octanol–water partition coefficient (Wildman–Crippen LogP) is 4.55. The quantitative estimate of drug-likeness (QED) is 0.625. The highest BCUT2D eigenvalue weighted by Crippen LogP contribution is 2.34. The Morgan fingerprint density at radius 3 is 2.70 bits per heavy atom. The maximum Gasteiger partial charge on any atom is 0.407 e. The molecule has 0 aliphatic rings. The lowest BCUT2D eigenvalue weighted by atomic mass is 10.1. The lowest BCUT2D eigenvalue weighted by Crippen LogP contribution is -2.38. The molecule has 0 fully saturated rings. The van der Waals surface area contributed by atoms with Gasteiger partial charge in [-0.3, -0.25) is 0 Å². The molecule has 0 unspecified atom stereocenters. The van der Waals surface area contributed by atoms with Gasteiger partial charge in [0.05, 0.1) is 22.4 Å². The van der Waals surface area contributed by atoms with Crippen molar-refractivity contribution < 1.29 is 9.53 Å². The predicted molar refractivity (Wildman–Crippen MR) is 116 cm³/mol. The maximum absolute atomic E-state index is 12.0. The summed E-state index contributed by atoms with van der Waals surface area (Å²) in [4.78, 5) is 22.4. The van der Waals surface area contributed by atoms with Gasteiger partial charge in [0, 0.05) is 22.2 Å². The summed E-state index contributed by atoms with van der Waals surface area (Å²) in [6, 6.07) is 7.81. The van der Waals surface area contributed by atoms with Crippen molar-refractivity contribution in [1.29, 1.82) is 10.5 Å². The number of hydrogen-bond acceptors (Lipinski definition) is 8. The number of carbonyl (C=O) groups excluding carboxylic acids is 1. The van der Waals surface area contributed by atoms with Crippen molar-refractivity contribution in [1.82, 2.24) is 15.3 Å². The summed E-state index contributed by atoms with van der Waals surface area (Å²) in [5.41, 5.74) is 0.901. The van der Waals surface area contributed by atoms with Crippen molar-refractivity contribution in [2.45, 2.75) is 45.8 Å². The molecule has 153 valence electrons. The van der Waals surface area contributed by atoms with Gasteiger partial charge in [-0.2, -0.15) is 10.5 Å². The number of nitrogens with zero attached hydrogens (tertiary/aromatic N) is 4. The van der Waals surface area contributed by atoms with Crippen molar-refractivity contribution in [2.24, 2.45) is 0 Å². The molecule has 3 aromatic heterocycles. The molecule has 30 heavy (non-hydrogen) atoms. The second kappa shape index (κ2) is 8.78. The number of nitrogens with one attached hydrogen (secondary N) is 1. The fourth-order valence-corrected chi connectivity index (χ4v) is 4.73. The zero-order valence-corrected chi connectivity index (χ0v) is 18.6. The van der Waals surface area contributed by atoms with Gasteiger partial charge in [0.1, 0.15) is 23.3 Å². The Hall–Kier alpha value is -3.01. The van der Waals surface area contributed by atoms with Gasteiger partial charge in [-0.05, 0) is 39.1 Å². The van der Waals surface area contributed by atoms with E-state index in [4.69, 9.17) is 4.74 Å². The van der Waals surface area contributed by atoms with E-state index in [-0.39, 0.29) is 11.9 Å². The summed E-state index contributed by atoms with van der Waals surface area (Å²) in [5.74, 6) is 0.0195. The van der Waals surface area contributed by atoms with Crippen LogP contribution in [0.15, 0.2) is 17.5 Å². The molecule has 3 rings (SSSR count). The normalized spacial score (nSPS) is 12.2. The first-order chi connectivity index (χ1) is 14.2. The van der Waals surface area contributed by atoms with Crippen molar-refractivity contribution in [3.05, 3.63) is 50.8 Å². The van der Waals surface area contributed by atoms with Crippen LogP contribution in [0.2, 0.25) is 0 Å². The zero-order valence-electron chi connectivity index (χ0n) is 17.0. The molecule has 0 aromatic carbocycles. The minimum absolute atomic E-state index is 0.0195. The van der Waals surface area contributed by atoms with Gasteiger partial charge in [0.2, 0.25) is 5.82 Å². The lowest BCUT2D eigenvalue weighted by Gasteiger charge is -2.21. The summed E-state index contributed by atoms with van der Waals surface area (Å²) in [6.07, 6.45) is 1.82. The van der Waals surface area contributed by atoms with Gasteiger partial charge >= 0.3 is 6.09 Å². The molecule has 7 nitrogen and oxygen atoms in total. The zero-order chi connectivity index (χ0) is 21.9. The fourth-order valence-electron chi connectivity index (χ4n) is 2.80. The van der Waals surface area contributed by atoms with Gasteiger partial charge < -0.3 is 10.1 Å². The molecule has 1 atom stereocenters. The Morgan fingerprint density at radius 2 is 2.10 bits per heavy atom. The first-order valence-corrected chi connectivity index (χ1v) is 10.9. The molecule has 0 bridgehead atoms. The fraction of sp³-hybridized carbons (Fsp3) is 0.333. The number of ether oxygens (including phenoxy) is 1. The first kappa shape index (κ1) is 21.7. The van der Waals surface area contributed by atoms with E-state index in [1.54, 1.807) is 32.1 Å². The van der Waals surface area contributed by atoms with Crippen LogP contribution in [0.3, 0.4) is 0 Å². The summed E-state index contributed by atoms with van der Waals surface area (Å²) < 4.78 is 6.04. The molecule has 9 heteroatoms. The van der Waals surface area contributed by atoms with Crippen molar-refractivity contribution in [3.8, 4) is 12.1 Å². The molecule has 3 aromatic rings. The molecular weight excluding hydrogens is 418 g/mol. The minimum Gasteiger partial charge on any atom is -0.444 e. The summed E-state index contributed by atoms with van der Waals surface area (Å²) in [7, 11) is 0. The molecule has 3 heterocycles. The van der Waals surface area contributed by atoms with Crippen LogP contribution in [-0.2, 0) is 11.2 Å². The lowest BCUT2D eigenvalue weighted by molar-refractivity contribution is 0.0508. The third-order valence-electron chi connectivity index (χ3n) is 3.92. The standard InChI is InChI=1S/C21H20N5O2S2/c1-12(24-20(27)28-21(2,3)4)8-16-14(10-22)18-19(30-16)15(25-17(11-23)26-18)9-13-6-5-7-29-13/h5-7,9,12H,8H2,1-4H3,(H,24,27)/t12-/m0/s1. The number of rotatable bonds is 5. The van der Waals surface area contributed by atoms with Crippen LogP contribution in [0.25, 0.3) is 10.2 Å². The summed E-state index contributed by atoms with van der Waals surface area (Å²) in [6.45, 7) is 7.25. The van der Waals surface area contributed by atoms with E-state index in [0.29, 0.717) is 23.2 Å². The number of amides is 1. The van der Waals surface area contributed by atoms with Crippen molar-refractivity contribution in [3.63, 3.8) is 0 Å². The number of nitriles is 2. The van der Waals surface area contributed by atoms with Gasteiger partial charge in [-0.15, -0.1) is 22.7 Å². The summed E-state index contributed by atoms with van der Waals surface area (Å²) >= 11 is 2.97. The number of thiophene rings is 2. The average molecular weight is 439 g/mol. The van der Waals surface area contributed by atoms with Crippen molar-refractivity contribution in [2.75, 3.05) is 0 Å². The Kier molecular flexibility index (Phi) is 6.35. The highest BCUT2D eigenvalue weighted by Gasteiger charge is 2.22. The van der Waals surface area contributed by atoms with Gasteiger partial charge in [-0.1, -0.05) is 6.07 Å². The molecule has 0 saturated heterocycles. The second-order valence-corrected chi connectivity index (χ2v) is 9.73. The molecule has 0 saturated carbocycles. The van der Waals surface area contributed by atoms with E-state index in [1.807, 2.05) is 36.9 Å². The second-order valence-electron chi connectivity index (χ2n) is 7.65. The van der Waals surface area contributed by atoms with Crippen LogP contribution in [0.1, 0.15) is 54.5 Å². The Labute approximate surface area is 183 Å². The van der Waals surface area contributed by atoms with E-state index in [1.165, 1.54) is 11.3 Å². The van der Waals surface area contributed by atoms with E-state index >= 15 is 0 Å². The molecule has 1 amide bonds.